The van der Waals surface area contributed by atoms with Gasteiger partial charge in [0.15, 0.2) is 0 Å². The molecular formula is C6H8Cl6Sr. The van der Waals surface area contributed by atoms with E-state index in [9.17, 15) is 0 Å². The van der Waals surface area contributed by atoms with Gasteiger partial charge in [0.05, 0.1) is 32.3 Å². The number of rotatable bonds is 0. The van der Waals surface area contributed by atoms with E-state index in [1.807, 2.05) is 0 Å². The van der Waals surface area contributed by atoms with Gasteiger partial charge < -0.3 is 2.85 Å². The minimum atomic E-state index is -0.437. The first-order valence-corrected chi connectivity index (χ1v) is 5.93. The van der Waals surface area contributed by atoms with Gasteiger partial charge in [-0.2, -0.15) is 0 Å². The van der Waals surface area contributed by atoms with E-state index in [0.29, 0.717) is 0 Å². The molecular weight excluding hydrogens is 372 g/mol. The molecule has 0 aromatic rings. The average Bonchev–Trinajstić information content (AvgIpc) is 2.08. The first-order valence-electron chi connectivity index (χ1n) is 3.31. The van der Waals surface area contributed by atoms with E-state index in [-0.39, 0.29) is 48.3 Å². The fourth-order valence-corrected chi connectivity index (χ4v) is 3.38. The summed E-state index contributed by atoms with van der Waals surface area (Å²) in [5, 5.41) is -2.62. The Labute approximate surface area is 148 Å². The maximum absolute atomic E-state index is 5.88. The van der Waals surface area contributed by atoms with Gasteiger partial charge in [0.2, 0.25) is 0 Å². The zero-order valence-corrected chi connectivity index (χ0v) is 14.5. The monoisotopic (exact) mass is 378 g/mol. The Morgan fingerprint density at radius 2 is 0.538 bits per heavy atom. The van der Waals surface area contributed by atoms with Crippen LogP contribution < -0.4 is 0 Å². The summed E-state index contributed by atoms with van der Waals surface area (Å²) in [6.45, 7) is 0. The average molecular weight is 380 g/mol. The molecule has 1 aliphatic rings. The number of halogens is 6. The van der Waals surface area contributed by atoms with Gasteiger partial charge in [-0.15, -0.1) is 69.6 Å². The minimum Gasteiger partial charge on any atom is -1.00 e. The molecule has 1 saturated carbocycles. The SMILES string of the molecule is ClC1C(Cl)C(Cl)C(Cl)C(Cl)C1Cl.[H-].[H-].[Sr+2]. The molecule has 0 amide bonds. The molecule has 0 atom stereocenters. The molecule has 0 heterocycles. The van der Waals surface area contributed by atoms with Crippen molar-refractivity contribution in [2.75, 3.05) is 0 Å². The summed E-state index contributed by atoms with van der Waals surface area (Å²) in [6.07, 6.45) is 0. The summed E-state index contributed by atoms with van der Waals surface area (Å²) in [5.74, 6) is 0. The smallest absolute Gasteiger partial charge is 1.00 e. The van der Waals surface area contributed by atoms with Crippen LogP contribution in [0.3, 0.4) is 0 Å². The number of hydrogen-bond acceptors (Lipinski definition) is 0. The zero-order valence-electron chi connectivity index (χ0n) is 8.44. The molecule has 7 heteroatoms. The fourth-order valence-electron chi connectivity index (χ4n) is 1.05. The van der Waals surface area contributed by atoms with Crippen molar-refractivity contribution in [1.29, 1.82) is 0 Å². The molecule has 0 N–H and O–H groups in total. The van der Waals surface area contributed by atoms with Crippen molar-refractivity contribution in [3.05, 3.63) is 0 Å². The van der Waals surface area contributed by atoms with E-state index in [4.69, 9.17) is 69.6 Å². The maximum Gasteiger partial charge on any atom is 2.00 e. The Balaban J connectivity index is -0.000000480. The van der Waals surface area contributed by atoms with Crippen molar-refractivity contribution in [3.63, 3.8) is 0 Å². The number of hydrogen-bond donors (Lipinski definition) is 0. The second kappa shape index (κ2) is 6.84. The molecule has 1 rings (SSSR count). The molecule has 1 fully saturated rings. The van der Waals surface area contributed by atoms with Gasteiger partial charge in [0, 0.05) is 0 Å². The molecule has 0 radical (unpaired) electrons. The third-order valence-electron chi connectivity index (χ3n) is 1.83. The molecule has 1 aliphatic carbocycles. The van der Waals surface area contributed by atoms with Crippen LogP contribution in [-0.4, -0.2) is 77.7 Å². The standard InChI is InChI=1S/C6H6Cl6.Sr.2H/c7-1-2(8)4(10)6(12)5(11)3(1)9;;;/h1-6H;;;/q;+2;2*-1. The van der Waals surface area contributed by atoms with Crippen molar-refractivity contribution in [1.82, 2.24) is 0 Å². The molecule has 13 heavy (non-hydrogen) atoms. The molecule has 0 aromatic carbocycles. The molecule has 76 valence electrons. The van der Waals surface area contributed by atoms with Crippen LogP contribution in [0.25, 0.3) is 0 Å². The van der Waals surface area contributed by atoms with Crippen LogP contribution in [0.15, 0.2) is 0 Å². The van der Waals surface area contributed by atoms with Crippen LogP contribution >= 0.6 is 69.6 Å². The Morgan fingerprint density at radius 1 is 0.462 bits per heavy atom. The predicted octanol–water partition coefficient (Wildman–Crippen LogP) is 3.49. The summed E-state index contributed by atoms with van der Waals surface area (Å²) < 4.78 is 0. The third kappa shape index (κ3) is 3.59. The van der Waals surface area contributed by atoms with E-state index in [2.05, 4.69) is 0 Å². The Kier molecular flexibility index (Phi) is 8.53. The first-order chi connectivity index (χ1) is 5.46. The summed E-state index contributed by atoms with van der Waals surface area (Å²) >= 11 is 35.3. The molecule has 0 unspecified atom stereocenters. The van der Waals surface area contributed by atoms with Crippen molar-refractivity contribution >= 4 is 115 Å². The van der Waals surface area contributed by atoms with Crippen LogP contribution in [0, 0.1) is 0 Å². The summed E-state index contributed by atoms with van der Waals surface area (Å²) in [5.41, 5.74) is 0. The maximum atomic E-state index is 5.88. The fraction of sp³-hybridized carbons (Fsp3) is 1.00. The van der Waals surface area contributed by atoms with Crippen LogP contribution in [0.2, 0.25) is 0 Å². The third-order valence-corrected chi connectivity index (χ3v) is 5.86. The van der Waals surface area contributed by atoms with E-state index in [1.165, 1.54) is 0 Å². The van der Waals surface area contributed by atoms with E-state index >= 15 is 0 Å². The topological polar surface area (TPSA) is 0 Å². The Morgan fingerprint density at radius 3 is 0.615 bits per heavy atom. The van der Waals surface area contributed by atoms with Gasteiger partial charge in [-0.1, -0.05) is 0 Å². The first kappa shape index (κ1) is 16.2. The van der Waals surface area contributed by atoms with Gasteiger partial charge >= 0.3 is 45.5 Å². The molecule has 0 saturated heterocycles. The molecule has 0 aliphatic heterocycles. The van der Waals surface area contributed by atoms with E-state index in [0.717, 1.165) is 0 Å². The molecule has 0 spiro atoms. The van der Waals surface area contributed by atoms with Crippen molar-refractivity contribution in [2.24, 2.45) is 0 Å². The second-order valence-corrected chi connectivity index (χ2v) is 5.69. The second-order valence-electron chi connectivity index (χ2n) is 2.67. The number of alkyl halides is 6. The van der Waals surface area contributed by atoms with E-state index < -0.39 is 32.3 Å². The molecule has 0 bridgehead atoms. The minimum absolute atomic E-state index is 0. The van der Waals surface area contributed by atoms with Crippen LogP contribution in [0.5, 0.6) is 0 Å². The molecule has 0 nitrogen and oxygen atoms in total. The van der Waals surface area contributed by atoms with Crippen molar-refractivity contribution < 1.29 is 2.85 Å². The van der Waals surface area contributed by atoms with Gasteiger partial charge in [-0.05, 0) is 0 Å². The van der Waals surface area contributed by atoms with Gasteiger partial charge in [0.1, 0.15) is 0 Å². The normalized spacial score (nSPS) is 51.2. The summed E-state index contributed by atoms with van der Waals surface area (Å²) in [6, 6.07) is 0. The van der Waals surface area contributed by atoms with Crippen LogP contribution in [-0.2, 0) is 0 Å². The largest absolute Gasteiger partial charge is 2.00 e. The Bertz CT molecular complexity index is 117. The van der Waals surface area contributed by atoms with Crippen LogP contribution in [0.1, 0.15) is 2.85 Å². The van der Waals surface area contributed by atoms with Gasteiger partial charge in [-0.25, -0.2) is 0 Å². The van der Waals surface area contributed by atoms with Crippen LogP contribution in [0.4, 0.5) is 0 Å². The summed E-state index contributed by atoms with van der Waals surface area (Å²) in [4.78, 5) is 0. The summed E-state index contributed by atoms with van der Waals surface area (Å²) in [7, 11) is 0. The quantitative estimate of drug-likeness (QED) is 0.446. The van der Waals surface area contributed by atoms with Gasteiger partial charge in [-0.3, -0.25) is 0 Å². The molecule has 0 aromatic heterocycles. The Hall–Kier alpha value is 3.22. The zero-order chi connectivity index (χ0) is 9.46. The van der Waals surface area contributed by atoms with Crippen molar-refractivity contribution in [3.8, 4) is 0 Å². The predicted molar refractivity (Wildman–Crippen MR) is 65.8 cm³/mol. The van der Waals surface area contributed by atoms with Crippen molar-refractivity contribution in [2.45, 2.75) is 32.3 Å². The van der Waals surface area contributed by atoms with Gasteiger partial charge in [0.25, 0.3) is 0 Å². The van der Waals surface area contributed by atoms with E-state index in [1.54, 1.807) is 0 Å².